The predicted molar refractivity (Wildman–Crippen MR) is 49.1 cm³/mol. The largest absolute Gasteiger partial charge is 1.00 e. The van der Waals surface area contributed by atoms with Crippen molar-refractivity contribution in [3.63, 3.8) is 0 Å². The van der Waals surface area contributed by atoms with Crippen LogP contribution in [0.5, 0.6) is 0 Å². The molecular formula is C7H5AgN5O3+. The van der Waals surface area contributed by atoms with E-state index in [2.05, 4.69) is 15.4 Å². The van der Waals surface area contributed by atoms with Crippen LogP contribution in [0.1, 0.15) is 10.4 Å². The average molecular weight is 315 g/mol. The van der Waals surface area contributed by atoms with Crippen LogP contribution in [-0.4, -0.2) is 26.2 Å². The number of amides is 1. The molecule has 0 unspecified atom stereocenters. The van der Waals surface area contributed by atoms with E-state index in [9.17, 15) is 14.9 Å². The number of aromatic amines is 1. The molecule has 0 bridgehead atoms. The van der Waals surface area contributed by atoms with E-state index in [1.54, 1.807) is 0 Å². The molecule has 8 nitrogen and oxygen atoms in total. The zero-order chi connectivity index (χ0) is 11.0. The first kappa shape index (κ1) is 12.3. The fourth-order valence-corrected chi connectivity index (χ4v) is 1.23. The van der Waals surface area contributed by atoms with Crippen LogP contribution in [0.3, 0.4) is 0 Å². The van der Waals surface area contributed by atoms with Crippen molar-refractivity contribution in [1.82, 2.24) is 15.4 Å². The number of aromatic nitrogens is 3. The second kappa shape index (κ2) is 4.39. The van der Waals surface area contributed by atoms with Gasteiger partial charge in [-0.2, -0.15) is 0 Å². The van der Waals surface area contributed by atoms with Gasteiger partial charge in [0.05, 0.1) is 16.0 Å². The van der Waals surface area contributed by atoms with Crippen molar-refractivity contribution < 1.29 is 32.1 Å². The van der Waals surface area contributed by atoms with Gasteiger partial charge in [-0.1, -0.05) is 5.21 Å². The Hall–Kier alpha value is -1.77. The molecule has 0 atom stereocenters. The fraction of sp³-hybridized carbons (Fsp3) is 0. The topological polar surface area (TPSA) is 128 Å². The third-order valence-electron chi connectivity index (χ3n) is 1.89. The van der Waals surface area contributed by atoms with Gasteiger partial charge in [-0.3, -0.25) is 20.0 Å². The number of nitrogens with one attached hydrogen (secondary N) is 1. The van der Waals surface area contributed by atoms with Gasteiger partial charge < -0.3 is 5.73 Å². The number of nitro benzene ring substituents is 1. The van der Waals surface area contributed by atoms with Gasteiger partial charge in [-0.05, 0) is 0 Å². The van der Waals surface area contributed by atoms with E-state index in [4.69, 9.17) is 5.73 Å². The monoisotopic (exact) mass is 314 g/mol. The number of non-ortho nitro benzene ring substituents is 1. The number of hydrogen-bond donors (Lipinski definition) is 2. The van der Waals surface area contributed by atoms with Crippen molar-refractivity contribution in [2.75, 3.05) is 0 Å². The van der Waals surface area contributed by atoms with E-state index in [-0.39, 0.29) is 39.1 Å². The molecule has 86 valence electrons. The number of rotatable bonds is 2. The Morgan fingerprint density at radius 2 is 2.19 bits per heavy atom. The van der Waals surface area contributed by atoms with Gasteiger partial charge in [0.1, 0.15) is 5.52 Å². The SMILES string of the molecule is NC(=O)c1cc([N+](=O)[O-])cc2[nH]nnc12.[Ag+]. The molecule has 16 heavy (non-hydrogen) atoms. The van der Waals surface area contributed by atoms with Crippen LogP contribution in [0, 0.1) is 10.1 Å². The Balaban J connectivity index is 0.00000128. The van der Waals surface area contributed by atoms with Gasteiger partial charge >= 0.3 is 22.4 Å². The third-order valence-corrected chi connectivity index (χ3v) is 1.89. The van der Waals surface area contributed by atoms with Crippen LogP contribution in [-0.2, 0) is 22.4 Å². The van der Waals surface area contributed by atoms with E-state index < -0.39 is 10.8 Å². The van der Waals surface area contributed by atoms with Crippen molar-refractivity contribution in [3.05, 3.63) is 27.8 Å². The maximum absolute atomic E-state index is 11.0. The number of carbonyl (C=O) groups excluding carboxylic acids is 1. The summed E-state index contributed by atoms with van der Waals surface area (Å²) in [5.74, 6) is -0.780. The second-order valence-corrected chi connectivity index (χ2v) is 2.82. The normalized spacial score (nSPS) is 9.75. The van der Waals surface area contributed by atoms with Crippen LogP contribution in [0.2, 0.25) is 0 Å². The quantitative estimate of drug-likeness (QED) is 0.456. The first-order valence-corrected chi connectivity index (χ1v) is 3.88. The minimum atomic E-state index is -0.780. The first-order valence-electron chi connectivity index (χ1n) is 3.88. The number of benzene rings is 1. The number of fused-ring (bicyclic) bond motifs is 1. The van der Waals surface area contributed by atoms with Crippen molar-refractivity contribution in [1.29, 1.82) is 0 Å². The summed E-state index contributed by atoms with van der Waals surface area (Å²) in [5, 5.41) is 20.0. The summed E-state index contributed by atoms with van der Waals surface area (Å²) in [6, 6.07) is 2.31. The van der Waals surface area contributed by atoms with Gasteiger partial charge in [0, 0.05) is 12.1 Å². The van der Waals surface area contributed by atoms with Gasteiger partial charge in [-0.15, -0.1) is 5.10 Å². The van der Waals surface area contributed by atoms with Crippen LogP contribution < -0.4 is 5.73 Å². The number of hydrogen-bond acceptors (Lipinski definition) is 5. The van der Waals surface area contributed by atoms with Gasteiger partial charge in [0.2, 0.25) is 0 Å². The molecule has 9 heteroatoms. The molecule has 1 amide bonds. The summed E-state index contributed by atoms with van der Waals surface area (Å²) in [6.45, 7) is 0. The van der Waals surface area contributed by atoms with E-state index in [0.717, 1.165) is 6.07 Å². The molecule has 1 heterocycles. The molecule has 0 radical (unpaired) electrons. The zero-order valence-electron chi connectivity index (χ0n) is 7.60. The Morgan fingerprint density at radius 3 is 2.75 bits per heavy atom. The van der Waals surface area contributed by atoms with Crippen molar-refractivity contribution >= 4 is 22.6 Å². The number of carbonyl (C=O) groups is 1. The second-order valence-electron chi connectivity index (χ2n) is 2.82. The summed E-state index contributed by atoms with van der Waals surface area (Å²) in [5.41, 5.74) is 5.34. The molecular weight excluding hydrogens is 310 g/mol. The smallest absolute Gasteiger partial charge is 0.366 e. The minimum Gasteiger partial charge on any atom is -0.366 e. The first-order chi connectivity index (χ1) is 7.09. The molecule has 1 aromatic heterocycles. The molecule has 0 aliphatic carbocycles. The molecule has 2 aromatic rings. The molecule has 3 N–H and O–H groups in total. The van der Waals surface area contributed by atoms with E-state index in [1.165, 1.54) is 6.07 Å². The van der Waals surface area contributed by atoms with Crippen molar-refractivity contribution in [2.45, 2.75) is 0 Å². The molecule has 0 aliphatic rings. The third kappa shape index (κ3) is 1.94. The fourth-order valence-electron chi connectivity index (χ4n) is 1.23. The number of nitrogens with two attached hydrogens (primary N) is 1. The van der Waals surface area contributed by atoms with Crippen molar-refractivity contribution in [3.8, 4) is 0 Å². The Bertz CT molecular complexity index is 566. The standard InChI is InChI=1S/C7H5N5O3.Ag/c8-7(13)4-1-3(12(14)15)2-5-6(4)10-11-9-5;/h1-2H,(H2,8,13)(H,9,10,11);/q;+1. The number of primary amides is 1. The molecule has 0 fully saturated rings. The Morgan fingerprint density at radius 1 is 1.50 bits per heavy atom. The minimum absolute atomic E-state index is 0. The molecule has 0 spiro atoms. The molecule has 0 saturated heterocycles. The molecule has 2 rings (SSSR count). The zero-order valence-corrected chi connectivity index (χ0v) is 9.08. The molecule has 0 saturated carbocycles. The summed E-state index contributed by atoms with van der Waals surface area (Å²) in [7, 11) is 0. The van der Waals surface area contributed by atoms with Crippen LogP contribution in [0.15, 0.2) is 12.1 Å². The van der Waals surface area contributed by atoms with Gasteiger partial charge in [0.25, 0.3) is 11.6 Å². The maximum atomic E-state index is 11.0. The molecule has 0 aliphatic heterocycles. The number of nitrogens with zero attached hydrogens (tertiary/aromatic N) is 3. The van der Waals surface area contributed by atoms with Crippen molar-refractivity contribution in [2.24, 2.45) is 5.73 Å². The molecule has 1 aromatic carbocycles. The Kier molecular flexibility index (Phi) is 3.38. The maximum Gasteiger partial charge on any atom is 1.00 e. The average Bonchev–Trinajstić information content (AvgIpc) is 2.62. The van der Waals surface area contributed by atoms with Gasteiger partial charge in [0.15, 0.2) is 0 Å². The summed E-state index contributed by atoms with van der Waals surface area (Å²) >= 11 is 0. The van der Waals surface area contributed by atoms with E-state index >= 15 is 0 Å². The van der Waals surface area contributed by atoms with Crippen LogP contribution in [0.25, 0.3) is 11.0 Å². The summed E-state index contributed by atoms with van der Waals surface area (Å²) < 4.78 is 0. The van der Waals surface area contributed by atoms with E-state index in [0.29, 0.717) is 5.52 Å². The number of nitro groups is 1. The summed E-state index contributed by atoms with van der Waals surface area (Å²) in [4.78, 5) is 20.9. The predicted octanol–water partition coefficient (Wildman–Crippen LogP) is -0.0375. The van der Waals surface area contributed by atoms with Gasteiger partial charge in [-0.25, -0.2) is 0 Å². The Labute approximate surface area is 104 Å². The number of H-pyrrole nitrogens is 1. The van der Waals surface area contributed by atoms with Crippen LogP contribution in [0.4, 0.5) is 5.69 Å². The van der Waals surface area contributed by atoms with E-state index in [1.807, 2.05) is 0 Å². The summed E-state index contributed by atoms with van der Waals surface area (Å²) in [6.07, 6.45) is 0. The van der Waals surface area contributed by atoms with Crippen LogP contribution >= 0.6 is 0 Å².